The van der Waals surface area contributed by atoms with Gasteiger partial charge in [-0.15, -0.1) is 0 Å². The zero-order valence-corrected chi connectivity index (χ0v) is 15.5. The number of ether oxygens (including phenoxy) is 2. The van der Waals surface area contributed by atoms with Gasteiger partial charge in [0.15, 0.2) is 0 Å². The SMILES string of the molecule is Cc1cccc(C=CCCOC(=O)OCCC=Cc2cccc(C)c2)c1. The molecule has 2 aromatic carbocycles. The van der Waals surface area contributed by atoms with Crippen LogP contribution in [0, 0.1) is 13.8 Å². The first-order chi connectivity index (χ1) is 12.6. The zero-order chi connectivity index (χ0) is 18.6. The van der Waals surface area contributed by atoms with Gasteiger partial charge in [-0.1, -0.05) is 84.0 Å². The Morgan fingerprint density at radius 1 is 0.808 bits per heavy atom. The van der Waals surface area contributed by atoms with E-state index in [4.69, 9.17) is 9.47 Å². The van der Waals surface area contributed by atoms with Crippen LogP contribution in [0.15, 0.2) is 60.7 Å². The molecule has 0 unspecified atom stereocenters. The third-order valence-corrected chi connectivity index (χ3v) is 3.71. The quantitative estimate of drug-likeness (QED) is 0.435. The maximum atomic E-state index is 11.5. The third-order valence-electron chi connectivity index (χ3n) is 3.71. The first-order valence-corrected chi connectivity index (χ1v) is 8.89. The van der Waals surface area contributed by atoms with E-state index in [0.29, 0.717) is 26.1 Å². The lowest BCUT2D eigenvalue weighted by Crippen LogP contribution is -2.08. The Kier molecular flexibility index (Phi) is 8.20. The molecule has 0 spiro atoms. The van der Waals surface area contributed by atoms with Crippen LogP contribution in [0.5, 0.6) is 0 Å². The van der Waals surface area contributed by atoms with Gasteiger partial charge in [0.25, 0.3) is 0 Å². The maximum Gasteiger partial charge on any atom is 0.508 e. The Hall–Kier alpha value is -2.81. The predicted octanol–water partition coefficient (Wildman–Crippen LogP) is 5.96. The Morgan fingerprint density at radius 3 is 1.69 bits per heavy atom. The van der Waals surface area contributed by atoms with Crippen molar-refractivity contribution in [1.82, 2.24) is 0 Å². The summed E-state index contributed by atoms with van der Waals surface area (Å²) in [7, 11) is 0. The largest absolute Gasteiger partial charge is 0.508 e. The van der Waals surface area contributed by atoms with Crippen LogP contribution < -0.4 is 0 Å². The molecule has 0 radical (unpaired) electrons. The van der Waals surface area contributed by atoms with Crippen LogP contribution in [0.3, 0.4) is 0 Å². The van der Waals surface area contributed by atoms with Gasteiger partial charge in [0.2, 0.25) is 0 Å². The molecule has 0 aromatic heterocycles. The minimum absolute atomic E-state index is 0.320. The highest BCUT2D eigenvalue weighted by Gasteiger charge is 2.01. The first-order valence-electron chi connectivity index (χ1n) is 8.89. The monoisotopic (exact) mass is 350 g/mol. The number of hydrogen-bond donors (Lipinski definition) is 0. The van der Waals surface area contributed by atoms with E-state index in [1.54, 1.807) is 0 Å². The molecule has 0 amide bonds. The van der Waals surface area contributed by atoms with Crippen LogP contribution in [-0.2, 0) is 9.47 Å². The summed E-state index contributed by atoms with van der Waals surface area (Å²) >= 11 is 0. The molecule has 3 heteroatoms. The lowest BCUT2D eigenvalue weighted by Gasteiger charge is -2.03. The van der Waals surface area contributed by atoms with Crippen LogP contribution in [0.4, 0.5) is 4.79 Å². The number of hydrogen-bond acceptors (Lipinski definition) is 3. The molecular weight excluding hydrogens is 324 g/mol. The molecule has 0 aliphatic heterocycles. The van der Waals surface area contributed by atoms with E-state index in [9.17, 15) is 4.79 Å². The lowest BCUT2D eigenvalue weighted by molar-refractivity contribution is 0.0578. The van der Waals surface area contributed by atoms with Crippen LogP contribution in [0.1, 0.15) is 35.1 Å². The van der Waals surface area contributed by atoms with E-state index >= 15 is 0 Å². The number of benzene rings is 2. The summed E-state index contributed by atoms with van der Waals surface area (Å²) in [5.74, 6) is 0. The van der Waals surface area contributed by atoms with Crippen LogP contribution in [0.25, 0.3) is 12.2 Å². The second-order valence-electron chi connectivity index (χ2n) is 6.16. The van der Waals surface area contributed by atoms with Gasteiger partial charge in [-0.3, -0.25) is 0 Å². The van der Waals surface area contributed by atoms with Gasteiger partial charge in [-0.25, -0.2) is 4.79 Å². The zero-order valence-electron chi connectivity index (χ0n) is 15.5. The van der Waals surface area contributed by atoms with Gasteiger partial charge in [0, 0.05) is 12.8 Å². The Balaban J connectivity index is 1.56. The highest BCUT2D eigenvalue weighted by molar-refractivity contribution is 5.60. The average molecular weight is 350 g/mol. The molecule has 136 valence electrons. The molecule has 3 nitrogen and oxygen atoms in total. The molecule has 2 rings (SSSR count). The van der Waals surface area contributed by atoms with Crippen molar-refractivity contribution in [2.45, 2.75) is 26.7 Å². The predicted molar refractivity (Wildman–Crippen MR) is 107 cm³/mol. The van der Waals surface area contributed by atoms with Crippen LogP contribution in [-0.4, -0.2) is 19.4 Å². The van der Waals surface area contributed by atoms with Crippen molar-refractivity contribution >= 4 is 18.3 Å². The number of carbonyl (C=O) groups excluding carboxylic acids is 1. The van der Waals surface area contributed by atoms with E-state index in [1.807, 2.05) is 48.6 Å². The lowest BCUT2D eigenvalue weighted by atomic mass is 10.1. The normalized spacial score (nSPS) is 11.2. The van der Waals surface area contributed by atoms with Crippen LogP contribution >= 0.6 is 0 Å². The summed E-state index contributed by atoms with van der Waals surface area (Å²) in [6.45, 7) is 4.76. The average Bonchev–Trinajstić information content (AvgIpc) is 2.61. The molecule has 0 aliphatic rings. The Morgan fingerprint density at radius 2 is 1.27 bits per heavy atom. The molecule has 0 saturated heterocycles. The number of aryl methyl sites for hydroxylation is 2. The minimum atomic E-state index is -0.613. The van der Waals surface area contributed by atoms with Crippen molar-refractivity contribution in [3.8, 4) is 0 Å². The summed E-state index contributed by atoms with van der Waals surface area (Å²) < 4.78 is 10.1. The van der Waals surface area contributed by atoms with Gasteiger partial charge < -0.3 is 9.47 Å². The fourth-order valence-electron chi connectivity index (χ4n) is 2.45. The fourth-order valence-corrected chi connectivity index (χ4v) is 2.45. The van der Waals surface area contributed by atoms with Gasteiger partial charge in [-0.2, -0.15) is 0 Å². The Bertz CT molecular complexity index is 696. The summed E-state index contributed by atoms with van der Waals surface area (Å²) in [5.41, 5.74) is 4.74. The minimum Gasteiger partial charge on any atom is -0.434 e. The molecule has 2 aromatic rings. The number of carbonyl (C=O) groups is 1. The fraction of sp³-hybridized carbons (Fsp3) is 0.261. The third kappa shape index (κ3) is 7.84. The molecule has 0 bridgehead atoms. The Labute approximate surface area is 156 Å². The molecule has 0 aliphatic carbocycles. The van der Waals surface area contributed by atoms with Crippen molar-refractivity contribution in [2.75, 3.05) is 13.2 Å². The van der Waals surface area contributed by atoms with Crippen molar-refractivity contribution in [1.29, 1.82) is 0 Å². The maximum absolute atomic E-state index is 11.5. The smallest absolute Gasteiger partial charge is 0.434 e. The van der Waals surface area contributed by atoms with Crippen LogP contribution in [0.2, 0.25) is 0 Å². The summed E-state index contributed by atoms with van der Waals surface area (Å²) in [5, 5.41) is 0. The summed E-state index contributed by atoms with van der Waals surface area (Å²) in [6, 6.07) is 16.5. The van der Waals surface area contributed by atoms with Gasteiger partial charge in [0.1, 0.15) is 0 Å². The van der Waals surface area contributed by atoms with Gasteiger partial charge in [0.05, 0.1) is 13.2 Å². The topological polar surface area (TPSA) is 35.5 Å². The van der Waals surface area contributed by atoms with Crippen molar-refractivity contribution in [3.63, 3.8) is 0 Å². The summed E-state index contributed by atoms with van der Waals surface area (Å²) in [4.78, 5) is 11.5. The second kappa shape index (κ2) is 10.9. The van der Waals surface area contributed by atoms with E-state index < -0.39 is 6.16 Å². The van der Waals surface area contributed by atoms with Crippen molar-refractivity contribution in [2.24, 2.45) is 0 Å². The standard InChI is InChI=1S/C23H26O3/c1-19-9-7-13-21(17-19)11-3-5-15-25-23(24)26-16-6-4-12-22-14-8-10-20(2)18-22/h3-4,7-14,17-18H,5-6,15-16H2,1-2H3. The first kappa shape index (κ1) is 19.5. The highest BCUT2D eigenvalue weighted by Crippen LogP contribution is 2.07. The summed E-state index contributed by atoms with van der Waals surface area (Å²) in [6.07, 6.45) is 8.75. The van der Waals surface area contributed by atoms with Crippen molar-refractivity contribution in [3.05, 3.63) is 82.9 Å². The molecule has 26 heavy (non-hydrogen) atoms. The number of rotatable bonds is 8. The van der Waals surface area contributed by atoms with E-state index in [1.165, 1.54) is 11.1 Å². The molecule has 0 N–H and O–H groups in total. The molecule has 0 heterocycles. The van der Waals surface area contributed by atoms with Gasteiger partial charge in [-0.05, 0) is 25.0 Å². The van der Waals surface area contributed by atoms with E-state index in [2.05, 4.69) is 38.1 Å². The highest BCUT2D eigenvalue weighted by atomic mass is 16.7. The van der Waals surface area contributed by atoms with E-state index in [0.717, 1.165) is 11.1 Å². The molecular formula is C23H26O3. The van der Waals surface area contributed by atoms with E-state index in [-0.39, 0.29) is 0 Å². The van der Waals surface area contributed by atoms with Gasteiger partial charge >= 0.3 is 6.16 Å². The van der Waals surface area contributed by atoms with Crippen molar-refractivity contribution < 1.29 is 14.3 Å². The molecule has 0 saturated carbocycles. The molecule has 0 fully saturated rings. The molecule has 0 atom stereocenters. The second-order valence-corrected chi connectivity index (χ2v) is 6.16.